The topological polar surface area (TPSA) is 57.2 Å². The van der Waals surface area contributed by atoms with Crippen LogP contribution in [0.1, 0.15) is 88.2 Å². The van der Waals surface area contributed by atoms with Gasteiger partial charge in [-0.2, -0.15) is 0 Å². The van der Waals surface area contributed by atoms with Gasteiger partial charge in [-0.25, -0.2) is 0 Å². The largest absolute Gasteiger partial charge is 0.497 e. The number of methoxy groups -OCH3 is 1. The molecule has 1 aromatic carbocycles. The summed E-state index contributed by atoms with van der Waals surface area (Å²) in [5.74, 6) is 2.29. The number of fused-ring (bicyclic) bond motifs is 3. The van der Waals surface area contributed by atoms with E-state index in [1.807, 2.05) is 0 Å². The van der Waals surface area contributed by atoms with Gasteiger partial charge < -0.3 is 18.9 Å². The number of benzene rings is 1. The standard InChI is InChI=1S/C28H39NO5/c1-3-4-5-6-7-8-9-11-25(30)34-27-24(31-2)18-28-13-10-14-29(28)15-12-20-16-22-23(33-19-32-22)17-21(20)26(27)28/h16-18,26-27H,3-15,19H2,1-2H3. The molecule has 3 unspecified atom stereocenters. The molecule has 3 heterocycles. The maximum absolute atomic E-state index is 13.0. The number of ether oxygens (including phenoxy) is 4. The fourth-order valence-electron chi connectivity index (χ4n) is 6.52. The Hall–Kier alpha value is -2.21. The summed E-state index contributed by atoms with van der Waals surface area (Å²) in [6.45, 7) is 4.54. The molecule has 1 fully saturated rings. The number of unbranched alkanes of at least 4 members (excludes halogenated alkanes) is 6. The van der Waals surface area contributed by atoms with Gasteiger partial charge in [-0.1, -0.05) is 45.4 Å². The van der Waals surface area contributed by atoms with Gasteiger partial charge >= 0.3 is 5.97 Å². The highest BCUT2D eigenvalue weighted by Gasteiger charge is 2.58. The van der Waals surface area contributed by atoms with Crippen molar-refractivity contribution >= 4 is 5.97 Å². The summed E-state index contributed by atoms with van der Waals surface area (Å²) in [7, 11) is 1.70. The molecule has 0 amide bonds. The molecule has 6 heteroatoms. The van der Waals surface area contributed by atoms with Crippen molar-refractivity contribution < 1.29 is 23.7 Å². The van der Waals surface area contributed by atoms with Crippen molar-refractivity contribution in [2.45, 2.75) is 95.1 Å². The molecule has 3 atom stereocenters. The van der Waals surface area contributed by atoms with Crippen molar-refractivity contribution in [1.29, 1.82) is 0 Å². The van der Waals surface area contributed by atoms with Crippen LogP contribution in [0.3, 0.4) is 0 Å². The van der Waals surface area contributed by atoms with Gasteiger partial charge in [0.15, 0.2) is 17.6 Å². The zero-order valence-electron chi connectivity index (χ0n) is 20.8. The molecule has 0 saturated carbocycles. The van der Waals surface area contributed by atoms with Crippen molar-refractivity contribution in [3.63, 3.8) is 0 Å². The van der Waals surface area contributed by atoms with E-state index in [0.29, 0.717) is 6.42 Å². The lowest BCUT2D eigenvalue weighted by atomic mass is 9.77. The molecule has 186 valence electrons. The Kier molecular flexibility index (Phi) is 7.05. The number of carbonyl (C=O) groups is 1. The Labute approximate surface area is 203 Å². The van der Waals surface area contributed by atoms with Gasteiger partial charge in [-0.3, -0.25) is 9.69 Å². The monoisotopic (exact) mass is 469 g/mol. The van der Waals surface area contributed by atoms with Crippen molar-refractivity contribution in [3.05, 3.63) is 35.1 Å². The van der Waals surface area contributed by atoms with Crippen LogP contribution in [0.4, 0.5) is 0 Å². The van der Waals surface area contributed by atoms with Crippen molar-refractivity contribution in [3.8, 4) is 11.5 Å². The lowest BCUT2D eigenvalue weighted by Gasteiger charge is -2.39. The van der Waals surface area contributed by atoms with Crippen LogP contribution >= 0.6 is 0 Å². The first-order chi connectivity index (χ1) is 16.7. The number of nitrogens with zero attached hydrogens (tertiary/aromatic N) is 1. The Bertz CT molecular complexity index is 928. The average molecular weight is 470 g/mol. The summed E-state index contributed by atoms with van der Waals surface area (Å²) in [5.41, 5.74) is 2.31. The van der Waals surface area contributed by atoms with Crippen LogP contribution in [-0.4, -0.2) is 49.5 Å². The summed E-state index contributed by atoms with van der Waals surface area (Å²) >= 11 is 0. The van der Waals surface area contributed by atoms with E-state index in [2.05, 4.69) is 30.0 Å². The summed E-state index contributed by atoms with van der Waals surface area (Å²) < 4.78 is 23.5. The maximum atomic E-state index is 13.0. The average Bonchev–Trinajstić information content (AvgIpc) is 3.52. The van der Waals surface area contributed by atoms with Crippen LogP contribution in [0.5, 0.6) is 11.5 Å². The van der Waals surface area contributed by atoms with E-state index >= 15 is 0 Å². The molecular weight excluding hydrogens is 430 g/mol. The third kappa shape index (κ3) is 4.30. The second-order valence-electron chi connectivity index (χ2n) is 10.2. The summed E-state index contributed by atoms with van der Waals surface area (Å²) in [5, 5.41) is 0. The number of hydrogen-bond donors (Lipinski definition) is 0. The Morgan fingerprint density at radius 3 is 2.65 bits per heavy atom. The first-order valence-corrected chi connectivity index (χ1v) is 13.3. The number of carbonyl (C=O) groups excluding carboxylic acids is 1. The third-order valence-electron chi connectivity index (χ3n) is 8.21. The van der Waals surface area contributed by atoms with E-state index in [1.165, 1.54) is 43.2 Å². The van der Waals surface area contributed by atoms with E-state index in [4.69, 9.17) is 18.9 Å². The van der Waals surface area contributed by atoms with Crippen LogP contribution in [-0.2, 0) is 20.7 Å². The first kappa shape index (κ1) is 23.5. The minimum atomic E-state index is -0.403. The van der Waals surface area contributed by atoms with E-state index in [0.717, 1.165) is 62.5 Å². The van der Waals surface area contributed by atoms with Crippen LogP contribution in [0, 0.1) is 0 Å². The van der Waals surface area contributed by atoms with Crippen molar-refractivity contribution in [2.75, 3.05) is 27.0 Å². The van der Waals surface area contributed by atoms with Gasteiger partial charge in [0.25, 0.3) is 0 Å². The van der Waals surface area contributed by atoms with Gasteiger partial charge in [0.2, 0.25) is 6.79 Å². The maximum Gasteiger partial charge on any atom is 0.306 e. The van der Waals surface area contributed by atoms with Crippen LogP contribution < -0.4 is 9.47 Å². The van der Waals surface area contributed by atoms with Crippen molar-refractivity contribution in [2.24, 2.45) is 0 Å². The van der Waals surface area contributed by atoms with Gasteiger partial charge in [0, 0.05) is 13.0 Å². The quantitative estimate of drug-likeness (QED) is 0.334. The van der Waals surface area contributed by atoms with Crippen molar-refractivity contribution in [1.82, 2.24) is 4.90 Å². The smallest absolute Gasteiger partial charge is 0.306 e. The molecule has 4 aliphatic rings. The van der Waals surface area contributed by atoms with E-state index in [1.54, 1.807) is 7.11 Å². The minimum absolute atomic E-state index is 0.00921. The molecule has 1 saturated heterocycles. The third-order valence-corrected chi connectivity index (χ3v) is 8.21. The predicted molar refractivity (Wildman–Crippen MR) is 130 cm³/mol. The molecule has 0 N–H and O–H groups in total. The SMILES string of the molecule is CCCCCCCCCC(=O)OC1C(OC)=CC23CCCN2CCc2cc4c(cc2C13)OCO4. The van der Waals surface area contributed by atoms with Crippen LogP contribution in [0.15, 0.2) is 24.0 Å². The minimum Gasteiger partial charge on any atom is -0.497 e. The zero-order valence-corrected chi connectivity index (χ0v) is 20.8. The number of rotatable bonds is 10. The van der Waals surface area contributed by atoms with E-state index in [-0.39, 0.29) is 24.2 Å². The van der Waals surface area contributed by atoms with E-state index < -0.39 is 6.10 Å². The first-order valence-electron chi connectivity index (χ1n) is 13.3. The summed E-state index contributed by atoms with van der Waals surface area (Å²) in [4.78, 5) is 15.6. The Morgan fingerprint density at radius 1 is 1.09 bits per heavy atom. The molecule has 0 radical (unpaired) electrons. The molecular formula is C28H39NO5. The van der Waals surface area contributed by atoms with Gasteiger partial charge in [-0.05, 0) is 61.6 Å². The van der Waals surface area contributed by atoms with Crippen LogP contribution in [0.2, 0.25) is 0 Å². The normalized spacial score (nSPS) is 26.9. The van der Waals surface area contributed by atoms with Crippen LogP contribution in [0.25, 0.3) is 0 Å². The summed E-state index contributed by atoms with van der Waals surface area (Å²) in [6, 6.07) is 4.27. The fraction of sp³-hybridized carbons (Fsp3) is 0.679. The molecule has 1 aliphatic carbocycles. The van der Waals surface area contributed by atoms with E-state index in [9.17, 15) is 4.79 Å². The highest BCUT2D eigenvalue weighted by Crippen LogP contribution is 2.55. The number of hydrogen-bond acceptors (Lipinski definition) is 6. The Balaban J connectivity index is 1.35. The van der Waals surface area contributed by atoms with Gasteiger partial charge in [0.1, 0.15) is 5.76 Å². The lowest BCUT2D eigenvalue weighted by molar-refractivity contribution is -0.150. The molecule has 0 aromatic heterocycles. The lowest BCUT2D eigenvalue weighted by Crippen LogP contribution is -2.47. The molecule has 5 rings (SSSR count). The fourth-order valence-corrected chi connectivity index (χ4v) is 6.52. The molecule has 1 aromatic rings. The highest BCUT2D eigenvalue weighted by molar-refractivity contribution is 5.70. The zero-order chi connectivity index (χ0) is 23.5. The predicted octanol–water partition coefficient (Wildman–Crippen LogP) is 5.49. The molecule has 6 nitrogen and oxygen atoms in total. The second-order valence-corrected chi connectivity index (χ2v) is 10.2. The molecule has 1 spiro atoms. The second kappa shape index (κ2) is 10.2. The highest BCUT2D eigenvalue weighted by atomic mass is 16.7. The molecule has 34 heavy (non-hydrogen) atoms. The van der Waals surface area contributed by atoms with Gasteiger partial charge in [0.05, 0.1) is 18.6 Å². The molecule has 3 aliphatic heterocycles. The molecule has 0 bridgehead atoms. The summed E-state index contributed by atoms with van der Waals surface area (Å²) in [6.07, 6.45) is 13.8. The number of esters is 1. The Morgan fingerprint density at radius 2 is 1.85 bits per heavy atom. The van der Waals surface area contributed by atoms with Gasteiger partial charge in [-0.15, -0.1) is 0 Å².